The van der Waals surface area contributed by atoms with Crippen LogP contribution in [0, 0.1) is 5.41 Å². The molecule has 2 saturated heterocycles. The lowest BCUT2D eigenvalue weighted by Gasteiger charge is -2.33. The number of ether oxygens (including phenoxy) is 4. The Morgan fingerprint density at radius 2 is 1.12 bits per heavy atom. The number of rotatable bonds is 21. The summed E-state index contributed by atoms with van der Waals surface area (Å²) in [6.07, 6.45) is -1.05. The average Bonchev–Trinajstić information content (AvgIpc) is 3.41. The Morgan fingerprint density at radius 3 is 1.51 bits per heavy atom. The predicted molar refractivity (Wildman–Crippen MR) is 133 cm³/mol. The molecule has 2 rings (SSSR count). The summed E-state index contributed by atoms with van der Waals surface area (Å²) in [4.78, 5) is 80.3. The van der Waals surface area contributed by atoms with Gasteiger partial charge in [-0.3, -0.25) is 19.2 Å². The van der Waals surface area contributed by atoms with Crippen molar-refractivity contribution in [3.8, 4) is 0 Å². The standard InChI is InChI=1S/C25H38N2O14/c1-18(29)13-39-17-25(14-36-10-2-9-28,15-37-11-7-23(34)40-26-19(30)3-4-20(26)31)16-38-12-8-24(35)41-27-21(32)5-6-22(27)33/h18,28-29H,2-17H2,1H3. The van der Waals surface area contributed by atoms with E-state index >= 15 is 0 Å². The van der Waals surface area contributed by atoms with Crippen LogP contribution in [-0.2, 0) is 57.4 Å². The molecule has 0 aliphatic carbocycles. The Bertz CT molecular complexity index is 834. The molecule has 0 bridgehead atoms. The van der Waals surface area contributed by atoms with Gasteiger partial charge in [-0.15, -0.1) is 10.1 Å². The number of amides is 4. The molecule has 232 valence electrons. The number of nitrogens with zero attached hydrogens (tertiary/aromatic N) is 2. The van der Waals surface area contributed by atoms with Crippen molar-refractivity contribution in [1.29, 1.82) is 0 Å². The number of hydrogen-bond acceptors (Lipinski definition) is 14. The third kappa shape index (κ3) is 12.2. The number of aliphatic hydroxyl groups is 2. The molecule has 1 unspecified atom stereocenters. The van der Waals surface area contributed by atoms with E-state index in [2.05, 4.69) is 0 Å². The fraction of sp³-hybridized carbons (Fsp3) is 0.760. The first kappa shape index (κ1) is 34.2. The lowest BCUT2D eigenvalue weighted by molar-refractivity contribution is -0.198. The van der Waals surface area contributed by atoms with Crippen LogP contribution in [0.4, 0.5) is 0 Å². The summed E-state index contributed by atoms with van der Waals surface area (Å²) >= 11 is 0. The van der Waals surface area contributed by atoms with Crippen molar-refractivity contribution < 1.29 is 67.6 Å². The average molecular weight is 591 g/mol. The summed E-state index contributed by atoms with van der Waals surface area (Å²) in [5, 5.41) is 19.5. The smallest absolute Gasteiger partial charge is 0.335 e. The van der Waals surface area contributed by atoms with Gasteiger partial charge in [-0.05, 0) is 13.3 Å². The van der Waals surface area contributed by atoms with Crippen molar-refractivity contribution in [2.45, 2.75) is 58.0 Å². The zero-order chi connectivity index (χ0) is 30.3. The maximum Gasteiger partial charge on any atom is 0.335 e. The van der Waals surface area contributed by atoms with Gasteiger partial charge in [-0.2, -0.15) is 0 Å². The molecule has 2 N–H and O–H groups in total. The second-order valence-corrected chi connectivity index (χ2v) is 9.69. The molecule has 0 aromatic carbocycles. The SMILES string of the molecule is CC(O)COCC(COCCCO)(COCCC(=O)ON1C(=O)CCC1=O)COCCC(=O)ON1C(=O)CCC1=O. The highest BCUT2D eigenvalue weighted by Crippen LogP contribution is 2.22. The van der Waals surface area contributed by atoms with E-state index in [1.807, 2.05) is 0 Å². The fourth-order valence-electron chi connectivity index (χ4n) is 3.65. The van der Waals surface area contributed by atoms with Gasteiger partial charge in [-0.1, -0.05) is 0 Å². The van der Waals surface area contributed by atoms with E-state index in [1.54, 1.807) is 0 Å². The molecule has 16 heteroatoms. The minimum Gasteiger partial charge on any atom is -0.396 e. The molecule has 0 aromatic rings. The van der Waals surface area contributed by atoms with Crippen molar-refractivity contribution in [2.24, 2.45) is 5.41 Å². The van der Waals surface area contributed by atoms with Crippen LogP contribution in [0.25, 0.3) is 0 Å². The van der Waals surface area contributed by atoms with E-state index in [9.17, 15) is 33.9 Å². The van der Waals surface area contributed by atoms with Gasteiger partial charge in [-0.25, -0.2) is 9.59 Å². The quantitative estimate of drug-likeness (QED) is 0.119. The first-order valence-corrected chi connectivity index (χ1v) is 13.3. The van der Waals surface area contributed by atoms with Crippen LogP contribution in [-0.4, -0.2) is 121 Å². The van der Waals surface area contributed by atoms with Crippen LogP contribution in [0.5, 0.6) is 0 Å². The van der Waals surface area contributed by atoms with E-state index in [4.69, 9.17) is 33.7 Å². The first-order valence-electron chi connectivity index (χ1n) is 13.3. The van der Waals surface area contributed by atoms with Crippen molar-refractivity contribution >= 4 is 35.6 Å². The molecule has 0 saturated carbocycles. The Labute approximate surface area is 236 Å². The minimum absolute atomic E-state index is 0.00712. The van der Waals surface area contributed by atoms with Crippen molar-refractivity contribution in [3.05, 3.63) is 0 Å². The normalized spacial score (nSPS) is 16.6. The highest BCUT2D eigenvalue weighted by molar-refractivity contribution is 6.02. The number of aliphatic hydroxyl groups excluding tert-OH is 2. The zero-order valence-corrected chi connectivity index (χ0v) is 23.1. The maximum atomic E-state index is 12.1. The van der Waals surface area contributed by atoms with Gasteiger partial charge >= 0.3 is 11.9 Å². The zero-order valence-electron chi connectivity index (χ0n) is 23.1. The van der Waals surface area contributed by atoms with E-state index in [1.165, 1.54) is 6.92 Å². The second kappa shape index (κ2) is 17.7. The summed E-state index contributed by atoms with van der Waals surface area (Å²) in [7, 11) is 0. The fourth-order valence-corrected chi connectivity index (χ4v) is 3.65. The largest absolute Gasteiger partial charge is 0.396 e. The monoisotopic (exact) mass is 590 g/mol. The number of carbonyl (C=O) groups is 6. The first-order chi connectivity index (χ1) is 19.6. The van der Waals surface area contributed by atoms with E-state index in [0.717, 1.165) is 0 Å². The minimum atomic E-state index is -0.986. The molecular weight excluding hydrogens is 552 g/mol. The number of imide groups is 2. The molecule has 1 atom stereocenters. The Hall–Kier alpha value is -3.02. The van der Waals surface area contributed by atoms with Gasteiger partial charge < -0.3 is 38.8 Å². The Kier molecular flexibility index (Phi) is 14.8. The lowest BCUT2D eigenvalue weighted by Crippen LogP contribution is -2.43. The van der Waals surface area contributed by atoms with Gasteiger partial charge in [0.2, 0.25) is 0 Å². The summed E-state index contributed by atoms with van der Waals surface area (Å²) in [6.45, 7) is 1.24. The van der Waals surface area contributed by atoms with Gasteiger partial charge in [0.05, 0.1) is 70.6 Å². The summed E-state index contributed by atoms with van der Waals surface area (Å²) in [5.74, 6) is -4.07. The number of carbonyl (C=O) groups excluding carboxylic acids is 6. The van der Waals surface area contributed by atoms with Crippen molar-refractivity contribution in [2.75, 3.05) is 59.5 Å². The van der Waals surface area contributed by atoms with Crippen LogP contribution < -0.4 is 0 Å². The third-order valence-electron chi connectivity index (χ3n) is 5.74. The van der Waals surface area contributed by atoms with Gasteiger partial charge in [0, 0.05) is 38.9 Å². The van der Waals surface area contributed by atoms with Crippen LogP contribution in [0.2, 0.25) is 0 Å². The van der Waals surface area contributed by atoms with E-state index < -0.39 is 47.1 Å². The Morgan fingerprint density at radius 1 is 0.732 bits per heavy atom. The van der Waals surface area contributed by atoms with Gasteiger partial charge in [0.15, 0.2) is 0 Å². The van der Waals surface area contributed by atoms with Gasteiger partial charge in [0.1, 0.15) is 0 Å². The van der Waals surface area contributed by atoms with E-state index in [-0.39, 0.29) is 98.0 Å². The molecule has 16 nitrogen and oxygen atoms in total. The maximum absolute atomic E-state index is 12.1. The molecule has 0 aromatic heterocycles. The summed E-state index contributed by atoms with van der Waals surface area (Å²) in [5.41, 5.74) is -0.986. The predicted octanol–water partition coefficient (Wildman–Crippen LogP) is -1.20. The molecule has 2 aliphatic rings. The summed E-state index contributed by atoms with van der Waals surface area (Å²) < 4.78 is 22.6. The van der Waals surface area contributed by atoms with Gasteiger partial charge in [0.25, 0.3) is 23.6 Å². The second-order valence-electron chi connectivity index (χ2n) is 9.69. The number of hydroxylamine groups is 4. The van der Waals surface area contributed by atoms with Crippen molar-refractivity contribution in [1.82, 2.24) is 10.1 Å². The van der Waals surface area contributed by atoms with Crippen molar-refractivity contribution in [3.63, 3.8) is 0 Å². The molecular formula is C25H38N2O14. The highest BCUT2D eigenvalue weighted by atomic mass is 16.7. The molecule has 2 fully saturated rings. The topological polar surface area (TPSA) is 205 Å². The molecule has 41 heavy (non-hydrogen) atoms. The molecule has 0 radical (unpaired) electrons. The Balaban J connectivity index is 1.92. The molecule has 4 amide bonds. The van der Waals surface area contributed by atoms with E-state index in [0.29, 0.717) is 16.5 Å². The molecule has 2 aliphatic heterocycles. The van der Waals surface area contributed by atoms with Crippen LogP contribution in [0.1, 0.15) is 51.9 Å². The van der Waals surface area contributed by atoms with Crippen LogP contribution >= 0.6 is 0 Å². The van der Waals surface area contributed by atoms with Crippen LogP contribution in [0.3, 0.4) is 0 Å². The van der Waals surface area contributed by atoms with Crippen LogP contribution in [0.15, 0.2) is 0 Å². The highest BCUT2D eigenvalue weighted by Gasteiger charge is 2.35. The lowest BCUT2D eigenvalue weighted by atomic mass is 9.92. The molecule has 2 heterocycles. The molecule has 0 spiro atoms. The third-order valence-corrected chi connectivity index (χ3v) is 5.74. The summed E-state index contributed by atoms with van der Waals surface area (Å²) in [6, 6.07) is 0. The number of hydrogen-bond donors (Lipinski definition) is 2.